The molecule has 0 saturated heterocycles. The smallest absolute Gasteiger partial charge is 0.143 e. The van der Waals surface area contributed by atoms with Crippen molar-refractivity contribution in [2.24, 2.45) is 0 Å². The number of nitrogens with one attached hydrogen (secondary N) is 1. The number of anilines is 2. The van der Waals surface area contributed by atoms with Gasteiger partial charge in [0.25, 0.3) is 0 Å². The number of nitrogens with zero attached hydrogens (tertiary/aromatic N) is 3. The van der Waals surface area contributed by atoms with E-state index in [1.54, 1.807) is 48.5 Å². The van der Waals surface area contributed by atoms with Crippen molar-refractivity contribution >= 4 is 29.0 Å². The Kier molecular flexibility index (Phi) is 7.29. The van der Waals surface area contributed by atoms with Gasteiger partial charge in [-0.1, -0.05) is 42.1 Å². The van der Waals surface area contributed by atoms with Crippen LogP contribution in [0.15, 0.2) is 53.6 Å². The van der Waals surface area contributed by atoms with Gasteiger partial charge in [0.15, 0.2) is 0 Å². The molecule has 160 valence electrons. The number of ether oxygens (including phenoxy) is 1. The number of aromatic nitrogens is 1. The molecule has 6 N–H and O–H groups in total. The summed E-state index contributed by atoms with van der Waals surface area (Å²) in [6.45, 7) is 0.0527. The molecule has 0 aliphatic carbocycles. The number of hydrogen-bond donors (Lipinski definition) is 4. The van der Waals surface area contributed by atoms with E-state index >= 15 is 0 Å². The fourth-order valence-electron chi connectivity index (χ4n) is 3.06. The van der Waals surface area contributed by atoms with Crippen molar-refractivity contribution in [2.75, 3.05) is 30.4 Å². The number of benzene rings is 2. The maximum atomic E-state index is 9.89. The summed E-state index contributed by atoms with van der Waals surface area (Å²) in [6, 6.07) is 18.1. The molecule has 1 aromatic heterocycles. The number of aliphatic hydroxyl groups is 1. The minimum Gasteiger partial charge on any atom is -0.491 e. The molecular weight excluding hydrogens is 424 g/mol. The number of rotatable bonds is 8. The second kappa shape index (κ2) is 10.3. The third kappa shape index (κ3) is 4.81. The van der Waals surface area contributed by atoms with E-state index < -0.39 is 0 Å². The molecule has 3 rings (SSSR count). The fraction of sp³-hybridized carbons (Fsp3) is 0.130. The third-order valence-electron chi connectivity index (χ3n) is 4.56. The zero-order chi connectivity index (χ0) is 23.1. The number of nitriles is 2. The SMILES string of the molecule is N#Cc1c(N)nc(SCC(=N)c2ccccc2N)c(C#N)c1-c1ccc(OCCO)cc1. The van der Waals surface area contributed by atoms with Crippen LogP contribution in [0.5, 0.6) is 5.75 Å². The topological polar surface area (TPSA) is 166 Å². The van der Waals surface area contributed by atoms with E-state index in [2.05, 4.69) is 11.1 Å². The molecule has 9 heteroatoms. The van der Waals surface area contributed by atoms with Gasteiger partial charge in [0.1, 0.15) is 40.9 Å². The van der Waals surface area contributed by atoms with Crippen LogP contribution in [0.25, 0.3) is 11.1 Å². The molecule has 0 bridgehead atoms. The monoisotopic (exact) mass is 444 g/mol. The first kappa shape index (κ1) is 22.6. The fourth-order valence-corrected chi connectivity index (χ4v) is 3.95. The summed E-state index contributed by atoms with van der Waals surface area (Å²) in [6.07, 6.45) is 0. The zero-order valence-corrected chi connectivity index (χ0v) is 17.8. The van der Waals surface area contributed by atoms with Crippen molar-refractivity contribution in [2.45, 2.75) is 5.03 Å². The predicted molar refractivity (Wildman–Crippen MR) is 125 cm³/mol. The highest BCUT2D eigenvalue weighted by molar-refractivity contribution is 8.00. The Hall–Kier alpha value is -4.05. The Morgan fingerprint density at radius 2 is 1.75 bits per heavy atom. The highest BCUT2D eigenvalue weighted by atomic mass is 32.2. The van der Waals surface area contributed by atoms with Gasteiger partial charge in [-0.25, -0.2) is 4.98 Å². The average Bonchev–Trinajstić information content (AvgIpc) is 2.81. The molecule has 1 heterocycles. The van der Waals surface area contributed by atoms with Gasteiger partial charge in [-0.15, -0.1) is 0 Å². The van der Waals surface area contributed by atoms with Crippen LogP contribution >= 0.6 is 11.8 Å². The van der Waals surface area contributed by atoms with Gasteiger partial charge in [-0.05, 0) is 23.8 Å². The molecule has 2 aromatic carbocycles. The highest BCUT2D eigenvalue weighted by Crippen LogP contribution is 2.36. The van der Waals surface area contributed by atoms with E-state index in [0.717, 1.165) is 0 Å². The number of aliphatic hydroxyl groups excluding tert-OH is 1. The molecule has 0 fully saturated rings. The molecular formula is C23H20N6O2S. The maximum Gasteiger partial charge on any atom is 0.143 e. The lowest BCUT2D eigenvalue weighted by Gasteiger charge is -2.14. The van der Waals surface area contributed by atoms with Gasteiger partial charge in [-0.3, -0.25) is 0 Å². The van der Waals surface area contributed by atoms with Crippen LogP contribution in [0.4, 0.5) is 11.5 Å². The van der Waals surface area contributed by atoms with Crippen LogP contribution in [0, 0.1) is 28.1 Å². The Morgan fingerprint density at radius 3 is 2.38 bits per heavy atom. The van der Waals surface area contributed by atoms with Gasteiger partial charge in [0.05, 0.1) is 17.9 Å². The van der Waals surface area contributed by atoms with E-state index in [1.165, 1.54) is 11.8 Å². The van der Waals surface area contributed by atoms with Gasteiger partial charge >= 0.3 is 0 Å². The molecule has 0 aliphatic rings. The third-order valence-corrected chi connectivity index (χ3v) is 5.56. The van der Waals surface area contributed by atoms with Crippen LogP contribution in [-0.2, 0) is 0 Å². The lowest BCUT2D eigenvalue weighted by Crippen LogP contribution is -2.08. The Labute approximate surface area is 189 Å². The second-order valence-electron chi connectivity index (χ2n) is 6.60. The van der Waals surface area contributed by atoms with Gasteiger partial charge < -0.3 is 26.7 Å². The Bertz CT molecular complexity index is 1230. The van der Waals surface area contributed by atoms with Crippen LogP contribution < -0.4 is 16.2 Å². The highest BCUT2D eigenvalue weighted by Gasteiger charge is 2.21. The van der Waals surface area contributed by atoms with Crippen molar-refractivity contribution < 1.29 is 9.84 Å². The molecule has 0 atom stereocenters. The van der Waals surface area contributed by atoms with Crippen LogP contribution in [0.1, 0.15) is 16.7 Å². The van der Waals surface area contributed by atoms with E-state index in [1.807, 2.05) is 6.07 Å². The summed E-state index contributed by atoms with van der Waals surface area (Å²) in [7, 11) is 0. The maximum absolute atomic E-state index is 9.89. The van der Waals surface area contributed by atoms with Crippen LogP contribution in [-0.4, -0.2) is 34.8 Å². The quantitative estimate of drug-likeness (QED) is 0.233. The summed E-state index contributed by atoms with van der Waals surface area (Å²) >= 11 is 1.18. The van der Waals surface area contributed by atoms with Crippen molar-refractivity contribution in [3.63, 3.8) is 0 Å². The molecule has 0 aliphatic heterocycles. The molecule has 8 nitrogen and oxygen atoms in total. The van der Waals surface area contributed by atoms with Crippen molar-refractivity contribution in [3.8, 4) is 29.0 Å². The standard InChI is InChI=1S/C23H20N6O2S/c24-11-17-21(14-5-7-15(8-6-14)31-10-9-30)18(12-25)23(29-22(17)28)32-13-20(27)16-3-1-2-4-19(16)26/h1-8,27,30H,9-10,13,26H2,(H2,28,29). The number of thioether (sulfide) groups is 1. The molecule has 0 saturated carbocycles. The zero-order valence-electron chi connectivity index (χ0n) is 17.0. The normalized spacial score (nSPS) is 10.2. The Balaban J connectivity index is 1.98. The number of nitrogen functional groups attached to an aromatic ring is 2. The second-order valence-corrected chi connectivity index (χ2v) is 7.57. The van der Waals surface area contributed by atoms with Crippen molar-refractivity contribution in [1.29, 1.82) is 15.9 Å². The minimum absolute atomic E-state index is 0.00960. The minimum atomic E-state index is -0.107. The first-order valence-electron chi connectivity index (χ1n) is 9.53. The van der Waals surface area contributed by atoms with E-state index in [-0.39, 0.29) is 41.6 Å². The van der Waals surface area contributed by atoms with E-state index in [9.17, 15) is 10.5 Å². The summed E-state index contributed by atoms with van der Waals surface area (Å²) in [4.78, 5) is 4.26. The molecule has 0 amide bonds. The summed E-state index contributed by atoms with van der Waals surface area (Å²) in [5, 5.41) is 37.1. The lowest BCUT2D eigenvalue weighted by atomic mass is 9.97. The average molecular weight is 445 g/mol. The summed E-state index contributed by atoms with van der Waals surface area (Å²) in [5.74, 6) is 0.773. The van der Waals surface area contributed by atoms with E-state index in [4.69, 9.17) is 26.7 Å². The molecule has 0 radical (unpaired) electrons. The van der Waals surface area contributed by atoms with Gasteiger partial charge in [0.2, 0.25) is 0 Å². The number of hydrogen-bond acceptors (Lipinski definition) is 9. The Morgan fingerprint density at radius 1 is 1.06 bits per heavy atom. The first-order chi connectivity index (χ1) is 15.5. The van der Waals surface area contributed by atoms with Gasteiger partial charge in [-0.2, -0.15) is 10.5 Å². The number of para-hydroxylation sites is 1. The number of nitrogens with two attached hydrogens (primary N) is 2. The molecule has 32 heavy (non-hydrogen) atoms. The van der Waals surface area contributed by atoms with E-state index in [0.29, 0.717) is 33.2 Å². The van der Waals surface area contributed by atoms with Crippen LogP contribution in [0.2, 0.25) is 0 Å². The van der Waals surface area contributed by atoms with Crippen molar-refractivity contribution in [1.82, 2.24) is 4.98 Å². The van der Waals surface area contributed by atoms with Crippen molar-refractivity contribution in [3.05, 3.63) is 65.2 Å². The largest absolute Gasteiger partial charge is 0.491 e. The molecule has 0 unspecified atom stereocenters. The van der Waals surface area contributed by atoms with Crippen LogP contribution in [0.3, 0.4) is 0 Å². The van der Waals surface area contributed by atoms with Gasteiger partial charge in [0, 0.05) is 22.6 Å². The summed E-state index contributed by atoms with van der Waals surface area (Å²) < 4.78 is 5.37. The number of pyridine rings is 1. The first-order valence-corrected chi connectivity index (χ1v) is 10.5. The molecule has 0 spiro atoms. The summed E-state index contributed by atoms with van der Waals surface area (Å²) in [5.41, 5.74) is 14.7. The lowest BCUT2D eigenvalue weighted by molar-refractivity contribution is 0.201. The molecule has 3 aromatic rings. The predicted octanol–water partition coefficient (Wildman–Crippen LogP) is 3.19.